The molecule has 1 saturated heterocycles. The number of alkyl halides is 4. The van der Waals surface area contributed by atoms with E-state index in [0.29, 0.717) is 44.5 Å². The molecular weight excluding hydrogens is 539 g/mol. The maximum Gasteiger partial charge on any atom is 0.266 e. The number of hydrogen-bond donors (Lipinski definition) is 2. The van der Waals surface area contributed by atoms with Gasteiger partial charge >= 0.3 is 0 Å². The summed E-state index contributed by atoms with van der Waals surface area (Å²) in [6, 6.07) is 3.22. The first-order valence-corrected chi connectivity index (χ1v) is 13.9. The minimum Gasteiger partial charge on any atom is -0.363 e. The van der Waals surface area contributed by atoms with Crippen molar-refractivity contribution < 1.29 is 26.7 Å². The Morgan fingerprint density at radius 3 is 2.72 bits per heavy atom. The lowest BCUT2D eigenvalue weighted by Gasteiger charge is -2.22. The molecule has 5 nitrogen and oxygen atoms in total. The van der Waals surface area contributed by atoms with Crippen LogP contribution in [0.5, 0.6) is 0 Å². The maximum absolute atomic E-state index is 14.7. The first-order chi connectivity index (χ1) is 18.5. The molecule has 1 aliphatic carbocycles. The second-order valence-corrected chi connectivity index (χ2v) is 11.2. The lowest BCUT2D eigenvalue weighted by molar-refractivity contribution is -0.121. The summed E-state index contributed by atoms with van der Waals surface area (Å²) >= 11 is 6.14. The molecule has 0 saturated carbocycles. The van der Waals surface area contributed by atoms with Crippen molar-refractivity contribution in [2.24, 2.45) is 11.8 Å². The van der Waals surface area contributed by atoms with E-state index in [4.69, 9.17) is 11.6 Å². The third-order valence-corrected chi connectivity index (χ3v) is 7.86. The first kappa shape index (κ1) is 29.6. The third-order valence-electron chi connectivity index (χ3n) is 7.69. The van der Waals surface area contributed by atoms with E-state index in [0.717, 1.165) is 30.2 Å². The molecule has 1 aromatic carbocycles. The Morgan fingerprint density at radius 2 is 1.95 bits per heavy atom. The fourth-order valence-electron chi connectivity index (χ4n) is 5.71. The molecular formula is C28H34ClF5N4O. The van der Waals surface area contributed by atoms with E-state index in [9.17, 15) is 26.7 Å². The van der Waals surface area contributed by atoms with Gasteiger partial charge in [0.1, 0.15) is 17.4 Å². The third kappa shape index (κ3) is 7.87. The molecule has 2 heterocycles. The van der Waals surface area contributed by atoms with Crippen molar-refractivity contribution in [1.29, 1.82) is 0 Å². The number of hydrogen-bond acceptors (Lipinski definition) is 5. The number of Topliss-reactive ketones (excluding diaryl/α,β-unsaturated/α-hetero) is 1. The molecule has 39 heavy (non-hydrogen) atoms. The fraction of sp³-hybridized carbons (Fsp3) is 0.607. The van der Waals surface area contributed by atoms with Crippen LogP contribution in [0, 0.1) is 17.7 Å². The Kier molecular flexibility index (Phi) is 9.80. The zero-order chi connectivity index (χ0) is 28.2. The SMILES string of the molecule is C[C@@H](Nc1nc(Cl)nc2c1CC(CCC(=O)CC1CCCCNCC(F)(F)C1)C2)c1cccc(C(F)F)c1F. The van der Waals surface area contributed by atoms with E-state index in [-0.39, 0.29) is 47.9 Å². The minimum atomic E-state index is -2.93. The zero-order valence-electron chi connectivity index (χ0n) is 21.9. The highest BCUT2D eigenvalue weighted by Gasteiger charge is 2.34. The van der Waals surface area contributed by atoms with Crippen LogP contribution >= 0.6 is 11.6 Å². The first-order valence-electron chi connectivity index (χ1n) is 13.5. The highest BCUT2D eigenvalue weighted by Crippen LogP contribution is 2.36. The monoisotopic (exact) mass is 572 g/mol. The van der Waals surface area contributed by atoms with Crippen molar-refractivity contribution in [2.75, 3.05) is 18.4 Å². The number of rotatable bonds is 9. The molecule has 1 aliphatic heterocycles. The van der Waals surface area contributed by atoms with Crippen molar-refractivity contribution in [1.82, 2.24) is 15.3 Å². The summed E-state index contributed by atoms with van der Waals surface area (Å²) < 4.78 is 69.4. The van der Waals surface area contributed by atoms with Gasteiger partial charge in [0.2, 0.25) is 5.28 Å². The second kappa shape index (κ2) is 12.9. The van der Waals surface area contributed by atoms with Crippen LogP contribution in [-0.4, -0.2) is 34.8 Å². The van der Waals surface area contributed by atoms with Crippen LogP contribution in [0.2, 0.25) is 5.28 Å². The predicted octanol–water partition coefficient (Wildman–Crippen LogP) is 7.25. The molecule has 4 rings (SSSR count). The topological polar surface area (TPSA) is 66.9 Å². The molecule has 3 atom stereocenters. The van der Waals surface area contributed by atoms with Crippen molar-refractivity contribution in [3.8, 4) is 0 Å². The van der Waals surface area contributed by atoms with Gasteiger partial charge in [0, 0.05) is 30.4 Å². The summed E-state index contributed by atoms with van der Waals surface area (Å²) in [5.74, 6) is -3.60. The number of nitrogens with one attached hydrogen (secondary N) is 2. The lowest BCUT2D eigenvalue weighted by atomic mass is 9.88. The normalized spacial score (nSPS) is 22.1. The average molecular weight is 573 g/mol. The van der Waals surface area contributed by atoms with Crippen LogP contribution in [0.15, 0.2) is 18.2 Å². The number of nitrogens with zero attached hydrogens (tertiary/aromatic N) is 2. The Hall–Kier alpha value is -2.33. The summed E-state index contributed by atoms with van der Waals surface area (Å²) in [7, 11) is 0. The van der Waals surface area contributed by atoms with Gasteiger partial charge in [0.15, 0.2) is 0 Å². The molecule has 0 bridgehead atoms. The van der Waals surface area contributed by atoms with E-state index < -0.39 is 29.8 Å². The smallest absolute Gasteiger partial charge is 0.266 e. The van der Waals surface area contributed by atoms with Crippen LogP contribution < -0.4 is 10.6 Å². The molecule has 0 radical (unpaired) electrons. The molecule has 2 unspecified atom stereocenters. The standard InChI is InChI=1S/C28H34ClF5N4O/c1-16(20-6-4-7-21(24(20)30)25(31)32)36-26-22-12-17(13-23(22)37-27(29)38-26)8-9-19(39)11-18-5-2-3-10-35-15-28(33,34)14-18/h4,6-7,16-18,25,35H,2-3,5,8-15H2,1H3,(H,36,37,38)/t16-,17?,18?/m1/s1. The van der Waals surface area contributed by atoms with Crippen LogP contribution in [-0.2, 0) is 17.6 Å². The van der Waals surface area contributed by atoms with Crippen LogP contribution in [0.4, 0.5) is 27.8 Å². The van der Waals surface area contributed by atoms with Gasteiger partial charge in [-0.05, 0) is 69.0 Å². The van der Waals surface area contributed by atoms with Crippen LogP contribution in [0.25, 0.3) is 0 Å². The summed E-state index contributed by atoms with van der Waals surface area (Å²) in [4.78, 5) is 21.4. The van der Waals surface area contributed by atoms with Crippen LogP contribution in [0.3, 0.4) is 0 Å². The van der Waals surface area contributed by atoms with Gasteiger partial charge in [0.25, 0.3) is 12.3 Å². The molecule has 11 heteroatoms. The van der Waals surface area contributed by atoms with Crippen molar-refractivity contribution in [3.63, 3.8) is 0 Å². The number of carbonyl (C=O) groups excluding carboxylic acids is 1. The van der Waals surface area contributed by atoms with E-state index in [2.05, 4.69) is 20.6 Å². The van der Waals surface area contributed by atoms with Gasteiger partial charge in [-0.2, -0.15) is 0 Å². The Morgan fingerprint density at radius 1 is 1.18 bits per heavy atom. The molecule has 0 spiro atoms. The van der Waals surface area contributed by atoms with E-state index in [1.54, 1.807) is 6.92 Å². The number of carbonyl (C=O) groups is 1. The number of ketones is 1. The van der Waals surface area contributed by atoms with Gasteiger partial charge in [-0.1, -0.05) is 24.6 Å². The Balaban J connectivity index is 1.37. The molecule has 2 aromatic rings. The number of anilines is 1. The summed E-state index contributed by atoms with van der Waals surface area (Å²) in [6.07, 6.45) is 1.26. The van der Waals surface area contributed by atoms with Gasteiger partial charge < -0.3 is 10.6 Å². The summed E-state index contributed by atoms with van der Waals surface area (Å²) in [6.45, 7) is 1.87. The molecule has 2 aliphatic rings. The quantitative estimate of drug-likeness (QED) is 0.245. The van der Waals surface area contributed by atoms with E-state index >= 15 is 0 Å². The molecule has 2 N–H and O–H groups in total. The second-order valence-electron chi connectivity index (χ2n) is 10.8. The van der Waals surface area contributed by atoms with Gasteiger partial charge in [-0.3, -0.25) is 4.79 Å². The van der Waals surface area contributed by atoms with Gasteiger partial charge in [-0.15, -0.1) is 0 Å². The maximum atomic E-state index is 14.7. The number of halogens is 6. The number of aromatic nitrogens is 2. The van der Waals surface area contributed by atoms with Crippen molar-refractivity contribution >= 4 is 23.2 Å². The highest BCUT2D eigenvalue weighted by molar-refractivity contribution is 6.28. The zero-order valence-corrected chi connectivity index (χ0v) is 22.6. The van der Waals surface area contributed by atoms with Crippen molar-refractivity contribution in [3.05, 3.63) is 51.7 Å². The van der Waals surface area contributed by atoms with Crippen LogP contribution in [0.1, 0.15) is 86.7 Å². The summed E-state index contributed by atoms with van der Waals surface area (Å²) in [5, 5.41) is 5.91. The lowest BCUT2D eigenvalue weighted by Crippen LogP contribution is -2.34. The molecule has 1 fully saturated rings. The molecule has 214 valence electrons. The van der Waals surface area contributed by atoms with Gasteiger partial charge in [0.05, 0.1) is 23.8 Å². The summed E-state index contributed by atoms with van der Waals surface area (Å²) in [5.41, 5.74) is 0.958. The van der Waals surface area contributed by atoms with E-state index in [1.165, 1.54) is 12.1 Å². The molecule has 1 aromatic heterocycles. The Labute approximate surface area is 230 Å². The fourth-order valence-corrected chi connectivity index (χ4v) is 5.90. The van der Waals surface area contributed by atoms with E-state index in [1.807, 2.05) is 0 Å². The number of fused-ring (bicyclic) bond motifs is 1. The largest absolute Gasteiger partial charge is 0.363 e. The highest BCUT2D eigenvalue weighted by atomic mass is 35.5. The average Bonchev–Trinajstić information content (AvgIpc) is 3.29. The predicted molar refractivity (Wildman–Crippen MR) is 140 cm³/mol. The Bertz CT molecular complexity index is 1170. The molecule has 0 amide bonds. The van der Waals surface area contributed by atoms with Gasteiger partial charge in [-0.25, -0.2) is 31.9 Å². The minimum absolute atomic E-state index is 0.00978. The van der Waals surface area contributed by atoms with Crippen molar-refractivity contribution in [2.45, 2.75) is 83.1 Å². The number of benzene rings is 1.